The molecule has 8 aromatic carbocycles. The molecule has 0 unspecified atom stereocenters. The highest BCUT2D eigenvalue weighted by Crippen LogP contribution is 2.49. The Labute approximate surface area is 332 Å². The molecule has 1 aliphatic carbocycles. The molecule has 3 aromatic heterocycles. The van der Waals surface area contributed by atoms with Crippen molar-refractivity contribution in [3.05, 3.63) is 169 Å². The van der Waals surface area contributed by atoms with E-state index in [-0.39, 0.29) is 5.41 Å². The summed E-state index contributed by atoms with van der Waals surface area (Å²) in [5, 5.41) is 6.85. The lowest BCUT2D eigenvalue weighted by Crippen LogP contribution is -2.14. The number of thiophene rings is 1. The Morgan fingerprint density at radius 1 is 0.456 bits per heavy atom. The van der Waals surface area contributed by atoms with Crippen LogP contribution in [0.1, 0.15) is 25.0 Å². The molecule has 5 nitrogen and oxygen atoms in total. The van der Waals surface area contributed by atoms with Gasteiger partial charge in [-0.2, -0.15) is 0 Å². The number of hydrogen-bond acceptors (Lipinski definition) is 6. The van der Waals surface area contributed by atoms with Crippen LogP contribution in [0.25, 0.3) is 110 Å². The summed E-state index contributed by atoms with van der Waals surface area (Å²) in [5.74, 6) is 2.53. The van der Waals surface area contributed by atoms with E-state index in [9.17, 15) is 0 Å². The van der Waals surface area contributed by atoms with Gasteiger partial charge in [0.05, 0.1) is 0 Å². The van der Waals surface area contributed by atoms with Crippen molar-refractivity contribution in [2.45, 2.75) is 19.3 Å². The van der Waals surface area contributed by atoms with Gasteiger partial charge in [0.1, 0.15) is 5.52 Å². The number of hydrogen-bond donors (Lipinski definition) is 0. The van der Waals surface area contributed by atoms with Gasteiger partial charge < -0.3 is 4.42 Å². The van der Waals surface area contributed by atoms with E-state index in [0.717, 1.165) is 60.3 Å². The quantitative estimate of drug-likeness (QED) is 0.179. The van der Waals surface area contributed by atoms with Crippen molar-refractivity contribution in [3.8, 4) is 56.7 Å². The summed E-state index contributed by atoms with van der Waals surface area (Å²) < 4.78 is 8.72. The number of aromatic nitrogens is 4. The van der Waals surface area contributed by atoms with E-state index in [1.54, 1.807) is 11.3 Å². The molecule has 57 heavy (non-hydrogen) atoms. The molecule has 0 atom stereocenters. The molecule has 0 saturated heterocycles. The average molecular weight is 749 g/mol. The van der Waals surface area contributed by atoms with E-state index < -0.39 is 0 Å². The first-order valence-electron chi connectivity index (χ1n) is 19.2. The van der Waals surface area contributed by atoms with Crippen LogP contribution in [0.5, 0.6) is 0 Å². The molecule has 0 radical (unpaired) electrons. The molecular weight excluding hydrogens is 717 g/mol. The van der Waals surface area contributed by atoms with Gasteiger partial charge in [0.2, 0.25) is 5.89 Å². The number of benzene rings is 8. The average Bonchev–Trinajstić information content (AvgIpc) is 3.94. The van der Waals surface area contributed by atoms with Gasteiger partial charge in [-0.1, -0.05) is 123 Å². The highest BCUT2D eigenvalue weighted by molar-refractivity contribution is 7.26. The molecule has 3 heterocycles. The van der Waals surface area contributed by atoms with Crippen molar-refractivity contribution in [2.24, 2.45) is 0 Å². The first-order chi connectivity index (χ1) is 28.0. The van der Waals surface area contributed by atoms with Crippen LogP contribution in [0.15, 0.2) is 162 Å². The zero-order valence-electron chi connectivity index (χ0n) is 31.1. The molecule has 0 spiro atoms. The maximum absolute atomic E-state index is 6.35. The molecule has 11 aromatic rings. The molecule has 268 valence electrons. The van der Waals surface area contributed by atoms with Crippen LogP contribution in [0.4, 0.5) is 0 Å². The lowest BCUT2D eigenvalue weighted by molar-refractivity contribution is 0.620. The van der Waals surface area contributed by atoms with Crippen LogP contribution < -0.4 is 0 Å². The summed E-state index contributed by atoms with van der Waals surface area (Å²) in [4.78, 5) is 20.7. The third-order valence-electron chi connectivity index (χ3n) is 11.7. The molecule has 0 bridgehead atoms. The number of oxazole rings is 1. The Bertz CT molecular complexity index is 3450. The molecule has 0 amide bonds. The van der Waals surface area contributed by atoms with Crippen LogP contribution >= 0.6 is 11.3 Å². The number of nitrogens with zero attached hydrogens (tertiary/aromatic N) is 4. The number of rotatable bonds is 4. The summed E-state index contributed by atoms with van der Waals surface area (Å²) >= 11 is 1.78. The molecule has 12 rings (SSSR count). The molecule has 0 saturated carbocycles. The fraction of sp³-hybridized carbons (Fsp3) is 0.0588. The van der Waals surface area contributed by atoms with Crippen LogP contribution in [0.2, 0.25) is 0 Å². The summed E-state index contributed by atoms with van der Waals surface area (Å²) in [6, 6.07) is 55.5. The van der Waals surface area contributed by atoms with Gasteiger partial charge in [-0.15, -0.1) is 11.3 Å². The summed E-state index contributed by atoms with van der Waals surface area (Å²) in [5.41, 5.74) is 10.5. The smallest absolute Gasteiger partial charge is 0.227 e. The van der Waals surface area contributed by atoms with Crippen molar-refractivity contribution < 1.29 is 4.42 Å². The van der Waals surface area contributed by atoms with Crippen molar-refractivity contribution in [1.82, 2.24) is 19.9 Å². The largest absolute Gasteiger partial charge is 0.436 e. The third-order valence-corrected chi connectivity index (χ3v) is 12.9. The minimum Gasteiger partial charge on any atom is -0.436 e. The van der Waals surface area contributed by atoms with Crippen LogP contribution in [0.3, 0.4) is 0 Å². The minimum atomic E-state index is -0.0894. The highest BCUT2D eigenvalue weighted by atomic mass is 32.1. The molecule has 6 heteroatoms. The second-order valence-electron chi connectivity index (χ2n) is 15.4. The molecule has 0 fully saturated rings. The van der Waals surface area contributed by atoms with Crippen LogP contribution in [-0.4, -0.2) is 19.9 Å². The van der Waals surface area contributed by atoms with Crippen LogP contribution in [-0.2, 0) is 5.41 Å². The Balaban J connectivity index is 1.08. The van der Waals surface area contributed by atoms with E-state index in [1.165, 1.54) is 37.0 Å². The van der Waals surface area contributed by atoms with E-state index in [1.807, 2.05) is 36.4 Å². The molecule has 0 aliphatic heterocycles. The van der Waals surface area contributed by atoms with E-state index >= 15 is 0 Å². The SMILES string of the molecule is CC1(C)c2ccccc2-c2cc(-c3nc(-c4ccc5ccccc5c4)nc(-c4ccc5ccc6sc7ccc8oc(-c9ccccc9)nc8c7c6c5c4)n3)ccc21. The fourth-order valence-corrected chi connectivity index (χ4v) is 9.98. The Morgan fingerprint density at radius 2 is 1.07 bits per heavy atom. The second-order valence-corrected chi connectivity index (χ2v) is 16.5. The van der Waals surface area contributed by atoms with Gasteiger partial charge in [-0.25, -0.2) is 19.9 Å². The summed E-state index contributed by atoms with van der Waals surface area (Å²) in [7, 11) is 0. The van der Waals surface area contributed by atoms with Crippen LogP contribution in [0, 0.1) is 0 Å². The van der Waals surface area contributed by atoms with Crippen molar-refractivity contribution in [2.75, 3.05) is 0 Å². The highest BCUT2D eigenvalue weighted by Gasteiger charge is 2.35. The monoisotopic (exact) mass is 748 g/mol. The van der Waals surface area contributed by atoms with E-state index in [2.05, 4.69) is 135 Å². The van der Waals surface area contributed by atoms with Crippen molar-refractivity contribution in [3.63, 3.8) is 0 Å². The number of fused-ring (bicyclic) bond motifs is 11. The zero-order valence-corrected chi connectivity index (χ0v) is 31.9. The molecule has 1 aliphatic rings. The van der Waals surface area contributed by atoms with E-state index in [0.29, 0.717) is 23.4 Å². The Morgan fingerprint density at radius 3 is 1.89 bits per heavy atom. The van der Waals surface area contributed by atoms with Crippen molar-refractivity contribution in [1.29, 1.82) is 0 Å². The normalized spacial score (nSPS) is 13.2. The standard InChI is InChI=1S/C51H32N4OS/c1-51(2)39-15-9-8-14-36(39)38-28-35(20-22-40(38)51)49-54-47(33-18-16-29-10-6-7-13-32(29)26-33)53-48(55-49)34-19-17-30-21-24-42-44(37(30)27-34)45-43(57-42)25-23-41-46(45)52-50(56-41)31-11-4-3-5-12-31/h3-28H,1-2H3. The maximum Gasteiger partial charge on any atom is 0.227 e. The van der Waals surface area contributed by atoms with Gasteiger partial charge >= 0.3 is 0 Å². The van der Waals surface area contributed by atoms with Gasteiger partial charge in [0.25, 0.3) is 0 Å². The van der Waals surface area contributed by atoms with E-state index in [4.69, 9.17) is 24.4 Å². The summed E-state index contributed by atoms with van der Waals surface area (Å²) in [6.07, 6.45) is 0. The second kappa shape index (κ2) is 12.0. The predicted molar refractivity (Wildman–Crippen MR) is 235 cm³/mol. The Hall–Kier alpha value is -7.02. The van der Waals surface area contributed by atoms with Crippen molar-refractivity contribution >= 4 is 64.2 Å². The zero-order chi connectivity index (χ0) is 37.8. The third kappa shape index (κ3) is 4.94. The lowest BCUT2D eigenvalue weighted by Gasteiger charge is -2.21. The molecular formula is C51H32N4OS. The van der Waals surface area contributed by atoms with Gasteiger partial charge in [-0.05, 0) is 92.3 Å². The molecule has 0 N–H and O–H groups in total. The predicted octanol–water partition coefficient (Wildman–Crippen LogP) is 13.7. The maximum atomic E-state index is 6.35. The first-order valence-corrected chi connectivity index (χ1v) is 20.0. The first kappa shape index (κ1) is 32.2. The van der Waals surface area contributed by atoms with Gasteiger partial charge in [-0.3, -0.25) is 0 Å². The topological polar surface area (TPSA) is 64.7 Å². The Kier molecular flexibility index (Phi) is 6.78. The van der Waals surface area contributed by atoms with Gasteiger partial charge in [0.15, 0.2) is 23.1 Å². The fourth-order valence-electron chi connectivity index (χ4n) is 8.86. The lowest BCUT2D eigenvalue weighted by atomic mass is 9.82. The van der Waals surface area contributed by atoms with Gasteiger partial charge in [0, 0.05) is 47.8 Å². The summed E-state index contributed by atoms with van der Waals surface area (Å²) in [6.45, 7) is 4.61. The minimum absolute atomic E-state index is 0.0894.